The van der Waals surface area contributed by atoms with E-state index in [0.29, 0.717) is 6.04 Å². The zero-order valence-electron chi connectivity index (χ0n) is 7.90. The molecule has 1 aliphatic heterocycles. The van der Waals surface area contributed by atoms with Crippen LogP contribution in [0.25, 0.3) is 0 Å². The summed E-state index contributed by atoms with van der Waals surface area (Å²) in [7, 11) is 0. The molecule has 1 N–H and O–H groups in total. The van der Waals surface area contributed by atoms with Gasteiger partial charge < -0.3 is 5.43 Å². The number of fused-ring (bicyclic) bond motifs is 1. The van der Waals surface area contributed by atoms with Crippen LogP contribution in [0.2, 0.25) is 0 Å². The molecule has 0 fully saturated rings. The number of thioether (sulfide) groups is 1. The third-order valence-corrected chi connectivity index (χ3v) is 3.11. The first-order chi connectivity index (χ1) is 6.25. The van der Waals surface area contributed by atoms with E-state index in [0.717, 1.165) is 16.8 Å². The minimum atomic E-state index is 0.550. The maximum absolute atomic E-state index is 3.98. The van der Waals surface area contributed by atoms with Crippen molar-refractivity contribution in [1.29, 1.82) is 0 Å². The summed E-state index contributed by atoms with van der Waals surface area (Å²) < 4.78 is 1.92. The van der Waals surface area contributed by atoms with Gasteiger partial charge in [0.2, 0.25) is 5.16 Å². The molecule has 1 aliphatic rings. The molecule has 0 saturated heterocycles. The summed E-state index contributed by atoms with van der Waals surface area (Å²) >= 11 is 1.77. The fraction of sp³-hybridized carbons (Fsp3) is 0.750. The first kappa shape index (κ1) is 8.87. The maximum atomic E-state index is 3.98. The van der Waals surface area contributed by atoms with E-state index in [1.807, 2.05) is 4.68 Å². The molecule has 0 saturated carbocycles. The lowest BCUT2D eigenvalue weighted by molar-refractivity contribution is 0.501. The smallest absolute Gasteiger partial charge is 0.209 e. The normalized spacial score (nSPS) is 21.3. The van der Waals surface area contributed by atoms with Crippen LogP contribution in [-0.4, -0.2) is 26.7 Å². The molecule has 2 heterocycles. The van der Waals surface area contributed by atoms with Crippen molar-refractivity contribution in [3.8, 4) is 0 Å². The van der Waals surface area contributed by atoms with Crippen molar-refractivity contribution in [2.45, 2.75) is 31.5 Å². The van der Waals surface area contributed by atoms with Crippen LogP contribution in [0.15, 0.2) is 11.5 Å². The van der Waals surface area contributed by atoms with E-state index in [2.05, 4.69) is 29.5 Å². The lowest BCUT2D eigenvalue weighted by Crippen LogP contribution is -2.34. The van der Waals surface area contributed by atoms with Crippen LogP contribution in [0.5, 0.6) is 0 Å². The Morgan fingerprint density at radius 2 is 2.62 bits per heavy atom. The molecule has 1 atom stereocenters. The number of rotatable bonds is 2. The molecular formula is C8H14N4S. The SMILES string of the molecule is CC(C)CC1CSc2nncn2N1. The Bertz CT molecular complexity index is 283. The van der Waals surface area contributed by atoms with E-state index >= 15 is 0 Å². The summed E-state index contributed by atoms with van der Waals surface area (Å²) in [4.78, 5) is 0. The number of nitrogens with one attached hydrogen (secondary N) is 1. The average Bonchev–Trinajstić information content (AvgIpc) is 2.49. The zero-order chi connectivity index (χ0) is 9.26. The van der Waals surface area contributed by atoms with Gasteiger partial charge in [-0.15, -0.1) is 10.2 Å². The largest absolute Gasteiger partial charge is 0.319 e. The second-order valence-electron chi connectivity index (χ2n) is 3.75. The first-order valence-electron chi connectivity index (χ1n) is 4.55. The van der Waals surface area contributed by atoms with Gasteiger partial charge in [-0.3, -0.25) is 0 Å². The molecule has 0 amide bonds. The summed E-state index contributed by atoms with van der Waals surface area (Å²) in [6, 6.07) is 0.550. The van der Waals surface area contributed by atoms with E-state index in [9.17, 15) is 0 Å². The van der Waals surface area contributed by atoms with Gasteiger partial charge in [-0.1, -0.05) is 25.6 Å². The van der Waals surface area contributed by atoms with Crippen molar-refractivity contribution in [2.75, 3.05) is 11.2 Å². The molecule has 0 aliphatic carbocycles. The van der Waals surface area contributed by atoms with E-state index in [4.69, 9.17) is 0 Å². The Kier molecular flexibility index (Phi) is 2.44. The minimum Gasteiger partial charge on any atom is -0.319 e. The summed E-state index contributed by atoms with van der Waals surface area (Å²) in [5.74, 6) is 1.83. The van der Waals surface area contributed by atoms with Gasteiger partial charge in [0.25, 0.3) is 0 Å². The molecule has 0 bridgehead atoms. The highest BCUT2D eigenvalue weighted by molar-refractivity contribution is 7.99. The van der Waals surface area contributed by atoms with Crippen LogP contribution >= 0.6 is 11.8 Å². The summed E-state index contributed by atoms with van der Waals surface area (Å²) in [5.41, 5.74) is 3.38. The van der Waals surface area contributed by atoms with Crippen molar-refractivity contribution in [2.24, 2.45) is 5.92 Å². The van der Waals surface area contributed by atoms with Crippen molar-refractivity contribution >= 4 is 11.8 Å². The monoisotopic (exact) mass is 198 g/mol. The van der Waals surface area contributed by atoms with Gasteiger partial charge in [0.1, 0.15) is 6.33 Å². The molecule has 0 spiro atoms. The predicted molar refractivity (Wildman–Crippen MR) is 53.3 cm³/mol. The Morgan fingerprint density at radius 1 is 1.77 bits per heavy atom. The molecule has 0 aromatic carbocycles. The molecule has 13 heavy (non-hydrogen) atoms. The van der Waals surface area contributed by atoms with Gasteiger partial charge in [0.05, 0.1) is 6.04 Å². The Hall–Kier alpha value is -0.710. The summed E-state index contributed by atoms with van der Waals surface area (Å²) in [6.45, 7) is 4.49. The van der Waals surface area contributed by atoms with Crippen LogP contribution in [0.4, 0.5) is 0 Å². The second kappa shape index (κ2) is 3.57. The van der Waals surface area contributed by atoms with Crippen molar-refractivity contribution in [3.63, 3.8) is 0 Å². The fourth-order valence-electron chi connectivity index (χ4n) is 1.51. The van der Waals surface area contributed by atoms with E-state index in [-0.39, 0.29) is 0 Å². The highest BCUT2D eigenvalue weighted by atomic mass is 32.2. The molecule has 0 radical (unpaired) electrons. The maximum Gasteiger partial charge on any atom is 0.209 e. The molecule has 5 heteroatoms. The third kappa shape index (κ3) is 1.96. The van der Waals surface area contributed by atoms with Crippen LogP contribution < -0.4 is 5.43 Å². The number of nitrogens with zero attached hydrogens (tertiary/aromatic N) is 3. The fourth-order valence-corrected chi connectivity index (χ4v) is 2.41. The highest BCUT2D eigenvalue weighted by Crippen LogP contribution is 2.22. The van der Waals surface area contributed by atoms with Gasteiger partial charge in [-0.25, -0.2) is 4.68 Å². The topological polar surface area (TPSA) is 42.7 Å². The Labute approximate surface area is 82.1 Å². The van der Waals surface area contributed by atoms with Crippen LogP contribution in [0, 0.1) is 5.92 Å². The van der Waals surface area contributed by atoms with Gasteiger partial charge in [0, 0.05) is 5.75 Å². The van der Waals surface area contributed by atoms with E-state index in [1.165, 1.54) is 6.42 Å². The average molecular weight is 198 g/mol. The predicted octanol–water partition coefficient (Wildman–Crippen LogP) is 1.34. The van der Waals surface area contributed by atoms with Crippen LogP contribution in [0.3, 0.4) is 0 Å². The Morgan fingerprint density at radius 3 is 3.38 bits per heavy atom. The summed E-state index contributed by atoms with van der Waals surface area (Å²) in [6.07, 6.45) is 2.93. The first-order valence-corrected chi connectivity index (χ1v) is 5.53. The Balaban J connectivity index is 2.00. The molecule has 1 aromatic rings. The zero-order valence-corrected chi connectivity index (χ0v) is 8.71. The molecule has 72 valence electrons. The molecule has 2 rings (SSSR count). The van der Waals surface area contributed by atoms with Crippen molar-refractivity contribution in [3.05, 3.63) is 6.33 Å². The molecule has 1 aromatic heterocycles. The van der Waals surface area contributed by atoms with Gasteiger partial charge in [0.15, 0.2) is 0 Å². The van der Waals surface area contributed by atoms with Crippen molar-refractivity contribution in [1.82, 2.24) is 14.9 Å². The molecular weight excluding hydrogens is 184 g/mol. The molecule has 1 unspecified atom stereocenters. The lowest BCUT2D eigenvalue weighted by atomic mass is 10.1. The lowest BCUT2D eigenvalue weighted by Gasteiger charge is -2.25. The highest BCUT2D eigenvalue weighted by Gasteiger charge is 2.19. The van der Waals surface area contributed by atoms with Crippen molar-refractivity contribution < 1.29 is 0 Å². The van der Waals surface area contributed by atoms with Gasteiger partial charge >= 0.3 is 0 Å². The number of hydrogen-bond donors (Lipinski definition) is 1. The van der Waals surface area contributed by atoms with E-state index in [1.54, 1.807) is 18.1 Å². The van der Waals surface area contributed by atoms with Gasteiger partial charge in [-0.05, 0) is 12.3 Å². The molecule has 4 nitrogen and oxygen atoms in total. The number of hydrogen-bond acceptors (Lipinski definition) is 4. The van der Waals surface area contributed by atoms with E-state index < -0.39 is 0 Å². The third-order valence-electron chi connectivity index (χ3n) is 2.01. The second-order valence-corrected chi connectivity index (χ2v) is 4.74. The van der Waals surface area contributed by atoms with Crippen LogP contribution in [0.1, 0.15) is 20.3 Å². The standard InChI is InChI=1S/C8H14N4S/c1-6(2)3-7-4-13-8-10-9-5-12(8)11-7/h5-7,11H,3-4H2,1-2H3. The number of aromatic nitrogens is 3. The van der Waals surface area contributed by atoms with Crippen LogP contribution in [-0.2, 0) is 0 Å². The minimum absolute atomic E-state index is 0.550. The van der Waals surface area contributed by atoms with Gasteiger partial charge in [-0.2, -0.15) is 0 Å². The summed E-state index contributed by atoms with van der Waals surface area (Å²) in [5, 5.41) is 8.80. The quantitative estimate of drug-likeness (QED) is 0.779.